The summed E-state index contributed by atoms with van der Waals surface area (Å²) in [4.78, 5) is 18.9. The summed E-state index contributed by atoms with van der Waals surface area (Å²) in [5, 5.41) is 8.89. The molecule has 0 unspecified atom stereocenters. The molecule has 0 fully saturated rings. The molecule has 4 heteroatoms. The van der Waals surface area contributed by atoms with Crippen LogP contribution in [0.15, 0.2) is 0 Å². The molecule has 10 heavy (non-hydrogen) atoms. The summed E-state index contributed by atoms with van der Waals surface area (Å²) in [7, 11) is 0. The molecule has 0 aromatic carbocycles. The molecule has 0 rings (SSSR count). The summed E-state index contributed by atoms with van der Waals surface area (Å²) in [5.74, 6) is -1.04. The van der Waals surface area contributed by atoms with Crippen molar-refractivity contribution in [2.24, 2.45) is 5.92 Å². The SMILES string of the molecule is CC(=O)[O-].CC(C)[C](=O)[Ni+]. The molecule has 0 bridgehead atoms. The third-order valence-corrected chi connectivity index (χ3v) is 0.988. The molecule has 3 nitrogen and oxygen atoms in total. The fraction of sp³-hybridized carbons (Fsp3) is 0.667. The fourth-order valence-corrected chi connectivity index (χ4v) is 0. The van der Waals surface area contributed by atoms with Crippen molar-refractivity contribution in [3.05, 3.63) is 0 Å². The van der Waals surface area contributed by atoms with Crippen molar-refractivity contribution < 1.29 is 30.2 Å². The van der Waals surface area contributed by atoms with Crippen LogP contribution in [0.1, 0.15) is 20.8 Å². The van der Waals surface area contributed by atoms with Crippen LogP contribution in [0.4, 0.5) is 0 Å². The molecule has 0 saturated carbocycles. The van der Waals surface area contributed by atoms with Crippen LogP contribution in [-0.4, -0.2) is 10.7 Å². The molecule has 0 aliphatic heterocycles. The van der Waals surface area contributed by atoms with E-state index in [-0.39, 0.29) is 10.7 Å². The van der Waals surface area contributed by atoms with Crippen molar-refractivity contribution in [1.29, 1.82) is 0 Å². The zero-order valence-corrected chi connectivity index (χ0v) is 7.11. The van der Waals surface area contributed by atoms with Gasteiger partial charge in [-0.1, -0.05) is 0 Å². The number of carbonyl (C=O) groups is 2. The number of rotatable bonds is 1. The van der Waals surface area contributed by atoms with Gasteiger partial charge in [0.05, 0.1) is 0 Å². The summed E-state index contributed by atoms with van der Waals surface area (Å²) >= 11 is 4.00. The van der Waals surface area contributed by atoms with Crippen molar-refractivity contribution in [2.45, 2.75) is 20.8 Å². The van der Waals surface area contributed by atoms with E-state index in [4.69, 9.17) is 9.90 Å². The zero-order valence-electron chi connectivity index (χ0n) is 6.12. The summed E-state index contributed by atoms with van der Waals surface area (Å²) < 4.78 is -0.116. The predicted molar refractivity (Wildman–Crippen MR) is 30.5 cm³/mol. The van der Waals surface area contributed by atoms with Gasteiger partial charge in [-0.15, -0.1) is 0 Å². The van der Waals surface area contributed by atoms with Gasteiger partial charge in [0.1, 0.15) is 0 Å². The van der Waals surface area contributed by atoms with E-state index in [1.165, 1.54) is 0 Å². The fourth-order valence-electron chi connectivity index (χ4n) is 0. The van der Waals surface area contributed by atoms with Gasteiger partial charge >= 0.3 is 44.8 Å². The average Bonchev–Trinajstić information content (AvgIpc) is 1.63. The number of carboxylic acid groups (broad SMARTS) is 1. The van der Waals surface area contributed by atoms with Gasteiger partial charge in [0.2, 0.25) is 0 Å². The number of aliphatic carboxylic acids is 1. The second kappa shape index (κ2) is 6.75. The molecule has 0 aliphatic carbocycles. The van der Waals surface area contributed by atoms with Crippen LogP contribution >= 0.6 is 0 Å². The Morgan fingerprint density at radius 2 is 1.50 bits per heavy atom. The Labute approximate surface area is 68.2 Å². The molecule has 0 amide bonds. The van der Waals surface area contributed by atoms with E-state index < -0.39 is 5.97 Å². The van der Waals surface area contributed by atoms with E-state index in [9.17, 15) is 4.79 Å². The van der Waals surface area contributed by atoms with E-state index in [0.717, 1.165) is 6.92 Å². The van der Waals surface area contributed by atoms with Crippen LogP contribution in [0.3, 0.4) is 0 Å². The first-order chi connectivity index (χ1) is 4.37. The Morgan fingerprint density at radius 1 is 1.40 bits per heavy atom. The Morgan fingerprint density at radius 3 is 1.50 bits per heavy atom. The molecule has 0 spiro atoms. The Hall–Kier alpha value is -0.366. The number of carbonyl (C=O) groups excluding carboxylic acids is 2. The minimum atomic E-state index is -1.08. The van der Waals surface area contributed by atoms with E-state index in [2.05, 4.69) is 15.5 Å². The van der Waals surface area contributed by atoms with Crippen molar-refractivity contribution >= 4 is 10.7 Å². The van der Waals surface area contributed by atoms with E-state index in [1.54, 1.807) is 13.8 Å². The van der Waals surface area contributed by atoms with Gasteiger partial charge in [-0.05, 0) is 6.92 Å². The van der Waals surface area contributed by atoms with E-state index in [1.807, 2.05) is 0 Å². The first kappa shape index (κ1) is 12.3. The molecule has 62 valence electrons. The van der Waals surface area contributed by atoms with Crippen LogP contribution < -0.4 is 5.11 Å². The van der Waals surface area contributed by atoms with Gasteiger partial charge in [-0.25, -0.2) is 0 Å². The first-order valence-corrected chi connectivity index (χ1v) is 3.21. The van der Waals surface area contributed by atoms with Gasteiger partial charge in [0.25, 0.3) is 0 Å². The number of hydrogen-bond donors (Lipinski definition) is 0. The summed E-state index contributed by atoms with van der Waals surface area (Å²) in [5.41, 5.74) is 0. The summed E-state index contributed by atoms with van der Waals surface area (Å²) in [6.07, 6.45) is 0. The first-order valence-electron chi connectivity index (χ1n) is 2.71. The molecule has 0 saturated heterocycles. The Kier molecular flexibility index (Phi) is 8.32. The number of hydrogen-bond acceptors (Lipinski definition) is 3. The third kappa shape index (κ3) is 25.4. The third-order valence-electron chi connectivity index (χ3n) is 0.418. The normalized spacial score (nSPS) is 8.20. The molecule has 0 radical (unpaired) electrons. The molecule has 0 aliphatic rings. The predicted octanol–water partition coefficient (Wildman–Crippen LogP) is -0.528. The van der Waals surface area contributed by atoms with E-state index in [0.29, 0.717) is 0 Å². The van der Waals surface area contributed by atoms with Crippen molar-refractivity contribution in [1.82, 2.24) is 0 Å². The van der Waals surface area contributed by atoms with Crippen LogP contribution in [0.5, 0.6) is 0 Å². The zero-order chi connectivity index (χ0) is 8.73. The van der Waals surface area contributed by atoms with Crippen molar-refractivity contribution in [2.75, 3.05) is 0 Å². The van der Waals surface area contributed by atoms with Gasteiger partial charge in [-0.2, -0.15) is 0 Å². The Bertz CT molecular complexity index is 116. The van der Waals surface area contributed by atoms with Crippen LogP contribution in [0.25, 0.3) is 0 Å². The van der Waals surface area contributed by atoms with Gasteiger partial charge in [0, 0.05) is 5.97 Å². The second-order valence-electron chi connectivity index (χ2n) is 1.92. The quantitative estimate of drug-likeness (QED) is 0.521. The van der Waals surface area contributed by atoms with E-state index >= 15 is 0 Å². The van der Waals surface area contributed by atoms with Crippen LogP contribution in [-0.2, 0) is 25.1 Å². The maximum atomic E-state index is 9.98. The van der Waals surface area contributed by atoms with Gasteiger partial charge in [0.15, 0.2) is 0 Å². The second-order valence-corrected chi connectivity index (χ2v) is 2.41. The van der Waals surface area contributed by atoms with Crippen molar-refractivity contribution in [3.8, 4) is 0 Å². The molecule has 0 aromatic heterocycles. The molecule has 0 aromatic rings. The van der Waals surface area contributed by atoms with Crippen LogP contribution in [0.2, 0.25) is 0 Å². The summed E-state index contributed by atoms with van der Waals surface area (Å²) in [6, 6.07) is 0. The summed E-state index contributed by atoms with van der Waals surface area (Å²) in [6.45, 7) is 4.57. The van der Waals surface area contributed by atoms with Crippen LogP contribution in [0, 0.1) is 5.92 Å². The molecule has 0 atom stereocenters. The standard InChI is InChI=1S/C4H7O.C2H4O2.Ni/c1-4(2)3-5;1-2(3)4;/h4H,1-2H3;1H3,(H,3,4);/q;;+1/p-1. The molecule has 0 heterocycles. The van der Waals surface area contributed by atoms with Crippen molar-refractivity contribution in [3.63, 3.8) is 0 Å². The topological polar surface area (TPSA) is 57.2 Å². The van der Waals surface area contributed by atoms with Gasteiger partial charge < -0.3 is 9.90 Å². The Balaban J connectivity index is 0. The molecular formula is C6H10NiO3. The maximum absolute atomic E-state index is 9.98. The monoisotopic (exact) mass is 188 g/mol. The minimum absolute atomic E-state index is 0.0463. The molecular weight excluding hydrogens is 179 g/mol. The average molecular weight is 189 g/mol. The van der Waals surface area contributed by atoms with Gasteiger partial charge in [-0.3, -0.25) is 0 Å². The molecule has 0 N–H and O–H groups in total. The number of carboxylic acids is 1.